The zero-order valence-corrected chi connectivity index (χ0v) is 19.3. The van der Waals surface area contributed by atoms with E-state index in [0.29, 0.717) is 24.7 Å². The number of piperidine rings is 1. The number of hydrogen-bond acceptors (Lipinski definition) is 7. The summed E-state index contributed by atoms with van der Waals surface area (Å²) in [5.41, 5.74) is -3.72. The van der Waals surface area contributed by atoms with E-state index in [-0.39, 0.29) is 22.3 Å². The van der Waals surface area contributed by atoms with E-state index in [1.165, 1.54) is 12.1 Å². The van der Waals surface area contributed by atoms with Gasteiger partial charge in [0, 0.05) is 16.2 Å². The van der Waals surface area contributed by atoms with Gasteiger partial charge in [-0.15, -0.1) is 11.3 Å². The van der Waals surface area contributed by atoms with Crippen LogP contribution in [0.2, 0.25) is 0 Å². The van der Waals surface area contributed by atoms with Crippen LogP contribution in [0.25, 0.3) is 0 Å². The van der Waals surface area contributed by atoms with Crippen LogP contribution in [-0.2, 0) is 16.1 Å². The molecule has 2 aromatic rings. The fourth-order valence-electron chi connectivity index (χ4n) is 2.68. The van der Waals surface area contributed by atoms with Crippen molar-refractivity contribution < 1.29 is 27.4 Å². The van der Waals surface area contributed by atoms with Crippen molar-refractivity contribution in [1.82, 2.24) is 10.3 Å². The van der Waals surface area contributed by atoms with Gasteiger partial charge in [0.1, 0.15) is 18.0 Å². The molecule has 5 nitrogen and oxygen atoms in total. The average molecular weight is 477 g/mol. The van der Waals surface area contributed by atoms with Crippen LogP contribution in [0.15, 0.2) is 34.5 Å². The summed E-state index contributed by atoms with van der Waals surface area (Å²) < 4.78 is 47.0. The molecule has 0 aliphatic carbocycles. The van der Waals surface area contributed by atoms with Gasteiger partial charge in [-0.3, -0.25) is 4.79 Å². The molecule has 0 amide bonds. The van der Waals surface area contributed by atoms with E-state index in [2.05, 4.69) is 15.0 Å². The number of alkyl halides is 3. The summed E-state index contributed by atoms with van der Waals surface area (Å²) in [5, 5.41) is 6.47. The Bertz CT molecular complexity index is 799. The summed E-state index contributed by atoms with van der Waals surface area (Å²) in [6.07, 6.45) is 2.21. The van der Waals surface area contributed by atoms with Crippen molar-refractivity contribution in [2.24, 2.45) is 0 Å². The number of benzene rings is 1. The quantitative estimate of drug-likeness (QED) is 0.423. The normalized spacial score (nSPS) is 15.0. The van der Waals surface area contributed by atoms with Gasteiger partial charge in [0.2, 0.25) is 0 Å². The fourth-order valence-corrected chi connectivity index (χ4v) is 4.20. The summed E-state index contributed by atoms with van der Waals surface area (Å²) in [6, 6.07) is 5.92. The van der Waals surface area contributed by atoms with Crippen LogP contribution < -0.4 is 10.1 Å². The number of nitrogens with one attached hydrogen (secondary N) is 1. The Hall–Kier alpha value is -1.78. The van der Waals surface area contributed by atoms with Crippen molar-refractivity contribution in [2.75, 3.05) is 13.1 Å². The molecule has 0 spiro atoms. The number of carbonyl (C=O) groups is 1. The van der Waals surface area contributed by atoms with Crippen molar-refractivity contribution >= 4 is 29.6 Å². The third kappa shape index (κ3) is 10.4. The lowest BCUT2D eigenvalue weighted by Gasteiger charge is -2.20. The van der Waals surface area contributed by atoms with E-state index >= 15 is 0 Å². The van der Waals surface area contributed by atoms with Gasteiger partial charge in [0.15, 0.2) is 0 Å². The molecule has 2 heterocycles. The molecule has 172 valence electrons. The topological polar surface area (TPSA) is 60.5 Å². The van der Waals surface area contributed by atoms with Crippen LogP contribution in [0.1, 0.15) is 50.2 Å². The Morgan fingerprint density at radius 3 is 2.35 bits per heavy atom. The van der Waals surface area contributed by atoms with Gasteiger partial charge in [0.05, 0.1) is 10.7 Å². The maximum Gasteiger partial charge on any atom is 0.446 e. The number of halogens is 3. The lowest BCUT2D eigenvalue weighted by atomic mass is 9.99. The molecular weight excluding hydrogens is 449 g/mol. The minimum absolute atomic E-state index is 0.128. The number of thioether (sulfide) groups is 1. The molecule has 1 aromatic heterocycles. The molecule has 31 heavy (non-hydrogen) atoms. The molecule has 0 radical (unpaired) electrons. The van der Waals surface area contributed by atoms with E-state index in [0.717, 1.165) is 36.6 Å². The van der Waals surface area contributed by atoms with Gasteiger partial charge in [-0.25, -0.2) is 4.98 Å². The minimum Gasteiger partial charge on any atom is -0.487 e. The Morgan fingerprint density at radius 1 is 1.19 bits per heavy atom. The number of nitrogens with zero attached hydrogens (tertiary/aromatic N) is 1. The fraction of sp³-hybridized carbons (Fsp3) is 0.524. The van der Waals surface area contributed by atoms with Gasteiger partial charge in [-0.05, 0) is 82.7 Å². The largest absolute Gasteiger partial charge is 0.487 e. The summed E-state index contributed by atoms with van der Waals surface area (Å²) >= 11 is 1.52. The van der Waals surface area contributed by atoms with Gasteiger partial charge in [0.25, 0.3) is 6.47 Å². The number of aromatic nitrogens is 1. The smallest absolute Gasteiger partial charge is 0.446 e. The standard InChI is InChI=1S/C16H17F3N2OS2.C5H10O2/c17-16(18,19)24-14-3-1-13(2-4-14)22-9-12-10-23-15(21-12)11-5-7-20-8-6-11;1-5(2,3)7-4-6/h1-4,10-11,20H,5-9H2;4H,1-3H3. The third-order valence-corrected chi connectivity index (χ3v) is 5.90. The maximum absolute atomic E-state index is 12.3. The summed E-state index contributed by atoms with van der Waals surface area (Å²) in [4.78, 5) is 14.4. The number of thiazole rings is 1. The van der Waals surface area contributed by atoms with Crippen LogP contribution in [0.3, 0.4) is 0 Å². The van der Waals surface area contributed by atoms with E-state index in [1.54, 1.807) is 23.5 Å². The first kappa shape index (κ1) is 25.5. The summed E-state index contributed by atoms with van der Waals surface area (Å²) in [5.74, 6) is 1.06. The van der Waals surface area contributed by atoms with E-state index in [9.17, 15) is 18.0 Å². The van der Waals surface area contributed by atoms with Crippen molar-refractivity contribution in [3.05, 3.63) is 40.3 Å². The number of carbonyl (C=O) groups excluding carboxylic acids is 1. The zero-order chi connectivity index (χ0) is 22.9. The highest BCUT2D eigenvalue weighted by atomic mass is 32.2. The molecular formula is C21H27F3N2O3S2. The van der Waals surface area contributed by atoms with E-state index < -0.39 is 5.51 Å². The van der Waals surface area contributed by atoms with Crippen molar-refractivity contribution in [3.8, 4) is 5.75 Å². The second-order valence-electron chi connectivity index (χ2n) is 7.84. The summed E-state index contributed by atoms with van der Waals surface area (Å²) in [6.45, 7) is 8.30. The first-order valence-electron chi connectivity index (χ1n) is 9.81. The Labute approximate surface area is 188 Å². The molecule has 1 N–H and O–H groups in total. The average Bonchev–Trinajstić information content (AvgIpc) is 3.16. The number of rotatable bonds is 6. The van der Waals surface area contributed by atoms with Crippen molar-refractivity contribution in [1.29, 1.82) is 0 Å². The summed E-state index contributed by atoms with van der Waals surface area (Å²) in [7, 11) is 0. The predicted molar refractivity (Wildman–Crippen MR) is 117 cm³/mol. The van der Waals surface area contributed by atoms with Crippen LogP contribution in [0, 0.1) is 0 Å². The number of ether oxygens (including phenoxy) is 2. The van der Waals surface area contributed by atoms with Crippen LogP contribution >= 0.6 is 23.1 Å². The Kier molecular flexibility index (Phi) is 9.64. The predicted octanol–water partition coefficient (Wildman–Crippen LogP) is 5.76. The van der Waals surface area contributed by atoms with Crippen molar-refractivity contribution in [2.45, 2.75) is 62.1 Å². The first-order valence-corrected chi connectivity index (χ1v) is 11.5. The molecule has 10 heteroatoms. The lowest BCUT2D eigenvalue weighted by molar-refractivity contribution is -0.138. The third-order valence-electron chi connectivity index (χ3n) is 4.10. The molecule has 1 aliphatic rings. The second-order valence-corrected chi connectivity index (χ2v) is 9.86. The monoisotopic (exact) mass is 476 g/mol. The molecule has 0 unspecified atom stereocenters. The lowest BCUT2D eigenvalue weighted by Crippen LogP contribution is -2.26. The van der Waals surface area contributed by atoms with Crippen LogP contribution in [-0.4, -0.2) is 35.7 Å². The molecule has 1 aromatic carbocycles. The Morgan fingerprint density at radius 2 is 1.84 bits per heavy atom. The number of hydrogen-bond donors (Lipinski definition) is 1. The Balaban J connectivity index is 0.000000423. The second kappa shape index (κ2) is 11.7. The molecule has 1 aliphatic heterocycles. The highest BCUT2D eigenvalue weighted by Gasteiger charge is 2.29. The molecule has 0 saturated carbocycles. The minimum atomic E-state index is -4.27. The van der Waals surface area contributed by atoms with Crippen molar-refractivity contribution in [3.63, 3.8) is 0 Å². The molecule has 0 bridgehead atoms. The molecule has 0 atom stereocenters. The van der Waals surface area contributed by atoms with Gasteiger partial charge < -0.3 is 14.8 Å². The van der Waals surface area contributed by atoms with Gasteiger partial charge in [-0.1, -0.05) is 0 Å². The van der Waals surface area contributed by atoms with E-state index in [1.807, 2.05) is 26.2 Å². The first-order chi connectivity index (χ1) is 14.6. The SMILES string of the molecule is CC(C)(C)OC=O.FC(F)(F)Sc1ccc(OCc2csc(C3CCNCC3)n2)cc1. The van der Waals surface area contributed by atoms with Gasteiger partial charge in [-0.2, -0.15) is 13.2 Å². The maximum atomic E-state index is 12.3. The highest BCUT2D eigenvalue weighted by Crippen LogP contribution is 2.37. The van der Waals surface area contributed by atoms with Crippen LogP contribution in [0.4, 0.5) is 13.2 Å². The van der Waals surface area contributed by atoms with Crippen LogP contribution in [0.5, 0.6) is 5.75 Å². The van der Waals surface area contributed by atoms with Gasteiger partial charge >= 0.3 is 5.51 Å². The van der Waals surface area contributed by atoms with E-state index in [4.69, 9.17) is 4.74 Å². The zero-order valence-electron chi connectivity index (χ0n) is 17.7. The molecule has 1 fully saturated rings. The molecule has 1 saturated heterocycles. The molecule has 3 rings (SSSR count). The highest BCUT2D eigenvalue weighted by molar-refractivity contribution is 8.00.